The van der Waals surface area contributed by atoms with Crippen molar-refractivity contribution in [2.75, 3.05) is 0 Å². The number of furan rings is 1. The number of nitrogens with two attached hydrogens (primary N) is 1. The van der Waals surface area contributed by atoms with Gasteiger partial charge in [0.2, 0.25) is 0 Å². The van der Waals surface area contributed by atoms with Crippen molar-refractivity contribution in [1.29, 1.82) is 0 Å². The van der Waals surface area contributed by atoms with Crippen molar-refractivity contribution in [2.24, 2.45) is 5.73 Å². The van der Waals surface area contributed by atoms with Crippen molar-refractivity contribution < 1.29 is 8.81 Å². The van der Waals surface area contributed by atoms with Gasteiger partial charge in [0.15, 0.2) is 0 Å². The minimum absolute atomic E-state index is 0.0261. The van der Waals surface area contributed by atoms with Crippen LogP contribution in [0.25, 0.3) is 22.3 Å². The zero-order valence-electron chi connectivity index (χ0n) is 10.6. The third-order valence-electron chi connectivity index (χ3n) is 3.18. The first-order valence-corrected chi connectivity index (χ1v) is 6.18. The van der Waals surface area contributed by atoms with Crippen LogP contribution in [-0.4, -0.2) is 0 Å². The first kappa shape index (κ1) is 11.9. The number of hydrogen-bond donors (Lipinski definition) is 1. The van der Waals surface area contributed by atoms with Crippen LogP contribution in [0, 0.1) is 5.82 Å². The van der Waals surface area contributed by atoms with E-state index in [0.29, 0.717) is 5.58 Å². The van der Waals surface area contributed by atoms with E-state index in [9.17, 15) is 4.39 Å². The monoisotopic (exact) mass is 255 g/mol. The fraction of sp³-hybridized carbons (Fsp3) is 0.125. The molecule has 0 aliphatic heterocycles. The summed E-state index contributed by atoms with van der Waals surface area (Å²) in [7, 11) is 0. The Labute approximate surface area is 110 Å². The Bertz CT molecular complexity index is 730. The molecule has 0 amide bonds. The largest absolute Gasteiger partial charge is 0.456 e. The van der Waals surface area contributed by atoms with Crippen molar-refractivity contribution in [3.63, 3.8) is 0 Å². The van der Waals surface area contributed by atoms with Crippen molar-refractivity contribution in [2.45, 2.75) is 13.0 Å². The highest BCUT2D eigenvalue weighted by Crippen LogP contribution is 2.29. The highest BCUT2D eigenvalue weighted by atomic mass is 19.1. The lowest BCUT2D eigenvalue weighted by Gasteiger charge is -2.06. The van der Waals surface area contributed by atoms with Crippen LogP contribution >= 0.6 is 0 Å². The van der Waals surface area contributed by atoms with Crippen LogP contribution in [-0.2, 0) is 0 Å². The summed E-state index contributed by atoms with van der Waals surface area (Å²) >= 11 is 0. The van der Waals surface area contributed by atoms with Gasteiger partial charge in [0.25, 0.3) is 0 Å². The maximum Gasteiger partial charge on any atom is 0.135 e. The summed E-state index contributed by atoms with van der Waals surface area (Å²) in [4.78, 5) is 0. The lowest BCUT2D eigenvalue weighted by Crippen LogP contribution is -2.04. The Kier molecular flexibility index (Phi) is 2.84. The van der Waals surface area contributed by atoms with Gasteiger partial charge in [0.05, 0.1) is 0 Å². The van der Waals surface area contributed by atoms with Gasteiger partial charge in [0.1, 0.15) is 17.2 Å². The lowest BCUT2D eigenvalue weighted by molar-refractivity contribution is 0.619. The molecule has 1 unspecified atom stereocenters. The van der Waals surface area contributed by atoms with Crippen molar-refractivity contribution in [1.82, 2.24) is 0 Å². The molecule has 2 aromatic carbocycles. The maximum absolute atomic E-state index is 13.2. The number of halogens is 1. The molecule has 96 valence electrons. The highest BCUT2D eigenvalue weighted by molar-refractivity contribution is 5.82. The molecule has 0 bridgehead atoms. The standard InChI is InChI=1S/C16H14FNO/c1-10(18)11-3-2-4-12(7-11)16-9-13-8-14(17)5-6-15(13)19-16/h2-10H,18H2,1H3. The van der Waals surface area contributed by atoms with Crippen LogP contribution in [0.5, 0.6) is 0 Å². The molecule has 1 heterocycles. The van der Waals surface area contributed by atoms with Crippen LogP contribution in [0.3, 0.4) is 0 Å². The van der Waals surface area contributed by atoms with E-state index >= 15 is 0 Å². The van der Waals surface area contributed by atoms with Gasteiger partial charge in [-0.05, 0) is 42.8 Å². The molecule has 0 fully saturated rings. The summed E-state index contributed by atoms with van der Waals surface area (Å²) in [5.74, 6) is 0.465. The molecule has 0 aliphatic carbocycles. The molecule has 0 spiro atoms. The van der Waals surface area contributed by atoms with Crippen LogP contribution in [0.15, 0.2) is 52.9 Å². The average Bonchev–Trinajstić information content (AvgIpc) is 2.81. The summed E-state index contributed by atoms with van der Waals surface area (Å²) < 4.78 is 18.9. The van der Waals surface area contributed by atoms with Crippen LogP contribution < -0.4 is 5.73 Å². The van der Waals surface area contributed by atoms with E-state index < -0.39 is 0 Å². The summed E-state index contributed by atoms with van der Waals surface area (Å²) in [6.07, 6.45) is 0. The average molecular weight is 255 g/mol. The smallest absolute Gasteiger partial charge is 0.135 e. The minimum atomic E-state index is -0.260. The topological polar surface area (TPSA) is 39.2 Å². The first-order chi connectivity index (χ1) is 9.13. The Morgan fingerprint density at radius 2 is 1.95 bits per heavy atom. The second kappa shape index (κ2) is 4.52. The zero-order chi connectivity index (χ0) is 13.4. The molecule has 2 N–H and O–H groups in total. The Morgan fingerprint density at radius 3 is 2.74 bits per heavy atom. The zero-order valence-corrected chi connectivity index (χ0v) is 10.6. The first-order valence-electron chi connectivity index (χ1n) is 6.18. The van der Waals surface area contributed by atoms with Crippen molar-refractivity contribution in [3.05, 3.63) is 59.9 Å². The summed E-state index contributed by atoms with van der Waals surface area (Å²) in [5, 5.41) is 0.765. The normalized spacial score (nSPS) is 12.8. The molecule has 3 heteroatoms. The molecule has 0 radical (unpaired) electrons. The molecule has 1 atom stereocenters. The molecule has 3 rings (SSSR count). The second-order valence-corrected chi connectivity index (χ2v) is 4.71. The van der Waals surface area contributed by atoms with Crippen molar-refractivity contribution in [3.8, 4) is 11.3 Å². The van der Waals surface area contributed by atoms with Crippen LogP contribution in [0.2, 0.25) is 0 Å². The Hall–Kier alpha value is -2.13. The molecule has 0 saturated carbocycles. The second-order valence-electron chi connectivity index (χ2n) is 4.71. The maximum atomic E-state index is 13.2. The van der Waals surface area contributed by atoms with Gasteiger partial charge in [-0.15, -0.1) is 0 Å². The van der Waals surface area contributed by atoms with Gasteiger partial charge < -0.3 is 10.2 Å². The number of rotatable bonds is 2. The molecule has 0 aliphatic rings. The lowest BCUT2D eigenvalue weighted by atomic mass is 10.0. The minimum Gasteiger partial charge on any atom is -0.456 e. The molecule has 19 heavy (non-hydrogen) atoms. The van der Waals surface area contributed by atoms with Crippen LogP contribution in [0.4, 0.5) is 4.39 Å². The third-order valence-corrected chi connectivity index (χ3v) is 3.18. The molecule has 0 saturated heterocycles. The molecule has 3 aromatic rings. The SMILES string of the molecule is CC(N)c1cccc(-c2cc3cc(F)ccc3o2)c1. The van der Waals surface area contributed by atoms with Gasteiger partial charge in [-0.2, -0.15) is 0 Å². The Morgan fingerprint density at radius 1 is 1.11 bits per heavy atom. The Balaban J connectivity index is 2.11. The van der Waals surface area contributed by atoms with Gasteiger partial charge in [0, 0.05) is 17.0 Å². The van der Waals surface area contributed by atoms with Crippen LogP contribution in [0.1, 0.15) is 18.5 Å². The van der Waals surface area contributed by atoms with E-state index in [1.165, 1.54) is 12.1 Å². The number of benzene rings is 2. The fourth-order valence-electron chi connectivity index (χ4n) is 2.13. The molecule has 2 nitrogen and oxygen atoms in total. The molecular formula is C16H14FNO. The van der Waals surface area contributed by atoms with E-state index in [4.69, 9.17) is 10.2 Å². The van der Waals surface area contributed by atoms with Gasteiger partial charge in [-0.25, -0.2) is 4.39 Å². The predicted octanol–water partition coefficient (Wildman–Crippen LogP) is 4.26. The van der Waals surface area contributed by atoms with Gasteiger partial charge >= 0.3 is 0 Å². The molecule has 1 aromatic heterocycles. The van der Waals surface area contributed by atoms with E-state index in [-0.39, 0.29) is 11.9 Å². The quantitative estimate of drug-likeness (QED) is 0.743. The van der Waals surface area contributed by atoms with E-state index in [0.717, 1.165) is 22.3 Å². The van der Waals surface area contributed by atoms with E-state index in [1.807, 2.05) is 37.3 Å². The summed E-state index contributed by atoms with van der Waals surface area (Å²) in [6.45, 7) is 1.94. The summed E-state index contributed by atoms with van der Waals surface area (Å²) in [6, 6.07) is 14.2. The molecular weight excluding hydrogens is 241 g/mol. The summed E-state index contributed by atoms with van der Waals surface area (Å²) in [5.41, 5.74) is 8.55. The third kappa shape index (κ3) is 2.25. The predicted molar refractivity (Wildman–Crippen MR) is 74.2 cm³/mol. The van der Waals surface area contributed by atoms with E-state index in [1.54, 1.807) is 6.07 Å². The van der Waals surface area contributed by atoms with Gasteiger partial charge in [-0.3, -0.25) is 0 Å². The van der Waals surface area contributed by atoms with Gasteiger partial charge in [-0.1, -0.05) is 18.2 Å². The van der Waals surface area contributed by atoms with Crippen molar-refractivity contribution >= 4 is 11.0 Å². The number of fused-ring (bicyclic) bond motifs is 1. The number of hydrogen-bond acceptors (Lipinski definition) is 2. The van der Waals surface area contributed by atoms with E-state index in [2.05, 4.69) is 0 Å². The highest BCUT2D eigenvalue weighted by Gasteiger charge is 2.08. The fourth-order valence-corrected chi connectivity index (χ4v) is 2.13.